The second-order valence-electron chi connectivity index (χ2n) is 3.03. The molecular formula is C9H6FN3O3. The third-order valence-corrected chi connectivity index (χ3v) is 1.96. The minimum absolute atomic E-state index is 0.00793. The molecule has 0 amide bonds. The summed E-state index contributed by atoms with van der Waals surface area (Å²) in [5.41, 5.74) is 5.19. The van der Waals surface area contributed by atoms with Crippen LogP contribution in [0, 0.1) is 15.9 Å². The summed E-state index contributed by atoms with van der Waals surface area (Å²) in [6.45, 7) is 0. The van der Waals surface area contributed by atoms with E-state index >= 15 is 0 Å². The lowest BCUT2D eigenvalue weighted by atomic mass is 10.1. The highest BCUT2D eigenvalue weighted by Crippen LogP contribution is 2.30. The first-order valence-electron chi connectivity index (χ1n) is 4.24. The fraction of sp³-hybridized carbons (Fsp3) is 0. The van der Waals surface area contributed by atoms with Gasteiger partial charge < -0.3 is 10.3 Å². The molecule has 0 saturated carbocycles. The van der Waals surface area contributed by atoms with E-state index in [4.69, 9.17) is 5.73 Å². The van der Waals surface area contributed by atoms with Crippen LogP contribution in [0.5, 0.6) is 0 Å². The van der Waals surface area contributed by atoms with E-state index < -0.39 is 10.7 Å². The number of benzene rings is 1. The van der Waals surface area contributed by atoms with Gasteiger partial charge in [0.1, 0.15) is 11.5 Å². The Bertz CT molecular complexity index is 553. The van der Waals surface area contributed by atoms with Gasteiger partial charge in [0.2, 0.25) is 5.88 Å². The quantitative estimate of drug-likeness (QED) is 0.620. The molecule has 0 radical (unpaired) electrons. The maximum absolute atomic E-state index is 13.0. The Morgan fingerprint density at radius 2 is 2.19 bits per heavy atom. The monoisotopic (exact) mass is 223 g/mol. The van der Waals surface area contributed by atoms with Crippen molar-refractivity contribution in [3.05, 3.63) is 40.2 Å². The smallest absolute Gasteiger partial charge is 0.279 e. The predicted molar refractivity (Wildman–Crippen MR) is 53.0 cm³/mol. The zero-order chi connectivity index (χ0) is 11.7. The molecule has 0 bridgehead atoms. The second kappa shape index (κ2) is 3.61. The van der Waals surface area contributed by atoms with Crippen molar-refractivity contribution in [1.29, 1.82) is 0 Å². The number of anilines is 1. The van der Waals surface area contributed by atoms with E-state index in [1.807, 2.05) is 0 Å². The predicted octanol–water partition coefficient (Wildman–Crippen LogP) is 1.97. The van der Waals surface area contributed by atoms with Crippen LogP contribution >= 0.6 is 0 Å². The Labute approximate surface area is 88.6 Å². The maximum atomic E-state index is 13.0. The molecule has 16 heavy (non-hydrogen) atoms. The van der Waals surface area contributed by atoms with Gasteiger partial charge in [0.25, 0.3) is 5.69 Å². The van der Waals surface area contributed by atoms with Crippen LogP contribution in [0.25, 0.3) is 11.3 Å². The van der Waals surface area contributed by atoms with Gasteiger partial charge in [-0.05, 0) is 12.1 Å². The SMILES string of the molecule is Nc1cc(-c2cc(F)ccc2[N+](=O)[O-])no1. The summed E-state index contributed by atoms with van der Waals surface area (Å²) in [7, 11) is 0. The molecule has 2 aromatic rings. The summed E-state index contributed by atoms with van der Waals surface area (Å²) in [5.74, 6) is -0.587. The Kier molecular flexibility index (Phi) is 2.28. The van der Waals surface area contributed by atoms with Gasteiger partial charge >= 0.3 is 0 Å². The zero-order valence-corrected chi connectivity index (χ0v) is 7.88. The van der Waals surface area contributed by atoms with Crippen LogP contribution in [0.2, 0.25) is 0 Å². The lowest BCUT2D eigenvalue weighted by Gasteiger charge is -1.98. The molecule has 0 saturated heterocycles. The van der Waals surface area contributed by atoms with Crippen molar-refractivity contribution < 1.29 is 13.8 Å². The molecule has 2 rings (SSSR count). The van der Waals surface area contributed by atoms with E-state index in [1.165, 1.54) is 6.07 Å². The number of hydrogen-bond donors (Lipinski definition) is 1. The molecule has 0 aliphatic carbocycles. The number of nitrogens with zero attached hydrogens (tertiary/aromatic N) is 2. The molecule has 0 atom stereocenters. The van der Waals surface area contributed by atoms with Crippen LogP contribution in [0.3, 0.4) is 0 Å². The van der Waals surface area contributed by atoms with Crippen LogP contribution in [-0.4, -0.2) is 10.1 Å². The van der Waals surface area contributed by atoms with Crippen molar-refractivity contribution in [1.82, 2.24) is 5.16 Å². The molecule has 1 aromatic heterocycles. The van der Waals surface area contributed by atoms with E-state index in [2.05, 4.69) is 9.68 Å². The van der Waals surface area contributed by atoms with Crippen molar-refractivity contribution in [2.24, 2.45) is 0 Å². The normalized spacial score (nSPS) is 10.3. The highest BCUT2D eigenvalue weighted by molar-refractivity contribution is 5.71. The van der Waals surface area contributed by atoms with Gasteiger partial charge in [-0.1, -0.05) is 5.16 Å². The largest absolute Gasteiger partial charge is 0.368 e. The van der Waals surface area contributed by atoms with E-state index in [9.17, 15) is 14.5 Å². The first kappa shape index (κ1) is 10.1. The fourth-order valence-corrected chi connectivity index (χ4v) is 1.29. The number of halogens is 1. The lowest BCUT2D eigenvalue weighted by molar-refractivity contribution is -0.384. The zero-order valence-electron chi connectivity index (χ0n) is 7.88. The molecule has 1 heterocycles. The Hall–Kier alpha value is -2.44. The Morgan fingerprint density at radius 3 is 2.75 bits per heavy atom. The van der Waals surface area contributed by atoms with E-state index in [0.29, 0.717) is 0 Å². The third kappa shape index (κ3) is 1.70. The Morgan fingerprint density at radius 1 is 1.44 bits per heavy atom. The highest BCUT2D eigenvalue weighted by atomic mass is 19.1. The number of nitrogen functional groups attached to an aromatic ring is 1. The van der Waals surface area contributed by atoms with Crippen molar-refractivity contribution in [2.45, 2.75) is 0 Å². The third-order valence-electron chi connectivity index (χ3n) is 1.96. The van der Waals surface area contributed by atoms with Crippen LogP contribution < -0.4 is 5.73 Å². The van der Waals surface area contributed by atoms with Gasteiger partial charge in [0.15, 0.2) is 0 Å². The average molecular weight is 223 g/mol. The van der Waals surface area contributed by atoms with Gasteiger partial charge in [-0.2, -0.15) is 0 Å². The molecular weight excluding hydrogens is 217 g/mol. The molecule has 0 aliphatic rings. The molecule has 7 heteroatoms. The number of nitro benzene ring substituents is 1. The molecule has 2 N–H and O–H groups in total. The number of aromatic nitrogens is 1. The summed E-state index contributed by atoms with van der Waals surface area (Å²) in [6.07, 6.45) is 0. The number of nitro groups is 1. The lowest BCUT2D eigenvalue weighted by Crippen LogP contribution is -1.93. The number of hydrogen-bond acceptors (Lipinski definition) is 5. The average Bonchev–Trinajstić information content (AvgIpc) is 2.64. The van der Waals surface area contributed by atoms with Gasteiger partial charge in [0.05, 0.1) is 10.5 Å². The summed E-state index contributed by atoms with van der Waals surface area (Å²) in [4.78, 5) is 10.1. The molecule has 0 spiro atoms. The molecule has 0 fully saturated rings. The summed E-state index contributed by atoms with van der Waals surface area (Å²) < 4.78 is 17.6. The van der Waals surface area contributed by atoms with Crippen molar-refractivity contribution in [3.8, 4) is 11.3 Å². The maximum Gasteiger partial charge on any atom is 0.279 e. The minimum atomic E-state index is -0.625. The first-order chi connectivity index (χ1) is 7.58. The summed E-state index contributed by atoms with van der Waals surface area (Å²) in [6, 6.07) is 4.37. The van der Waals surface area contributed by atoms with Crippen molar-refractivity contribution in [3.63, 3.8) is 0 Å². The number of nitrogens with two attached hydrogens (primary N) is 1. The van der Waals surface area contributed by atoms with Gasteiger partial charge in [-0.25, -0.2) is 4.39 Å². The van der Waals surface area contributed by atoms with E-state index in [-0.39, 0.29) is 22.8 Å². The summed E-state index contributed by atoms with van der Waals surface area (Å²) in [5, 5.41) is 14.2. The molecule has 0 aliphatic heterocycles. The standard InChI is InChI=1S/C9H6FN3O3/c10-5-1-2-8(13(14)15)6(3-5)7-4-9(11)16-12-7/h1-4H,11H2. The van der Waals surface area contributed by atoms with E-state index in [0.717, 1.165) is 18.2 Å². The van der Waals surface area contributed by atoms with Crippen LogP contribution in [-0.2, 0) is 0 Å². The summed E-state index contributed by atoms with van der Waals surface area (Å²) >= 11 is 0. The van der Waals surface area contributed by atoms with Gasteiger partial charge in [-0.15, -0.1) is 0 Å². The second-order valence-corrected chi connectivity index (χ2v) is 3.03. The first-order valence-corrected chi connectivity index (χ1v) is 4.24. The van der Waals surface area contributed by atoms with Crippen LogP contribution in [0.15, 0.2) is 28.8 Å². The van der Waals surface area contributed by atoms with Gasteiger partial charge in [0, 0.05) is 12.1 Å². The fourth-order valence-electron chi connectivity index (χ4n) is 1.29. The molecule has 82 valence electrons. The van der Waals surface area contributed by atoms with Crippen LogP contribution in [0.4, 0.5) is 16.0 Å². The number of rotatable bonds is 2. The topological polar surface area (TPSA) is 95.2 Å². The molecule has 6 nitrogen and oxygen atoms in total. The minimum Gasteiger partial charge on any atom is -0.368 e. The Balaban J connectivity index is 2.62. The molecule has 1 aromatic carbocycles. The van der Waals surface area contributed by atoms with E-state index in [1.54, 1.807) is 0 Å². The van der Waals surface area contributed by atoms with Crippen LogP contribution in [0.1, 0.15) is 0 Å². The highest BCUT2D eigenvalue weighted by Gasteiger charge is 2.18. The van der Waals surface area contributed by atoms with Crippen molar-refractivity contribution >= 4 is 11.6 Å². The molecule has 0 unspecified atom stereocenters. The van der Waals surface area contributed by atoms with Gasteiger partial charge in [-0.3, -0.25) is 10.1 Å². The van der Waals surface area contributed by atoms with Crippen molar-refractivity contribution in [2.75, 3.05) is 5.73 Å².